The average molecular weight is 197 g/mol. The molecule has 5 nitrogen and oxygen atoms in total. The fourth-order valence-corrected chi connectivity index (χ4v) is 2.00. The zero-order valence-corrected chi connectivity index (χ0v) is 7.76. The first-order valence-electron chi connectivity index (χ1n) is 4.66. The summed E-state index contributed by atoms with van der Waals surface area (Å²) >= 11 is 0. The number of hydrogen-bond acceptors (Lipinski definition) is 3. The summed E-state index contributed by atoms with van der Waals surface area (Å²) < 4.78 is 0. The summed E-state index contributed by atoms with van der Waals surface area (Å²) in [5.74, 6) is -2.77. The monoisotopic (exact) mass is 197 g/mol. The molecule has 0 aromatic rings. The predicted molar refractivity (Wildman–Crippen MR) is 49.9 cm³/mol. The number of rotatable bonds is 3. The van der Waals surface area contributed by atoms with Gasteiger partial charge in [0.15, 0.2) is 0 Å². The van der Waals surface area contributed by atoms with Crippen LogP contribution in [0.5, 0.6) is 0 Å². The molecule has 1 aliphatic carbocycles. The van der Waals surface area contributed by atoms with E-state index in [-0.39, 0.29) is 0 Å². The second-order valence-electron chi connectivity index (χ2n) is 3.67. The first-order valence-corrected chi connectivity index (χ1v) is 4.66. The maximum Gasteiger partial charge on any atom is 0.298 e. The molecule has 2 radical (unpaired) electrons. The topological polar surface area (TPSA) is 80.4 Å². The highest BCUT2D eigenvalue weighted by Gasteiger charge is 2.39. The average Bonchev–Trinajstić information content (AvgIpc) is 2.16. The Morgan fingerprint density at radius 2 is 2.07 bits per heavy atom. The van der Waals surface area contributed by atoms with Crippen LogP contribution >= 0.6 is 0 Å². The molecule has 1 fully saturated rings. The van der Waals surface area contributed by atoms with Crippen LogP contribution < -0.4 is 0 Å². The summed E-state index contributed by atoms with van der Waals surface area (Å²) in [4.78, 5) is 20.9. The maximum atomic E-state index is 10.6. The van der Waals surface area contributed by atoms with Gasteiger partial charge in [-0.15, -0.1) is 0 Å². The first-order chi connectivity index (χ1) is 6.54. The fourth-order valence-electron chi connectivity index (χ4n) is 2.00. The molecule has 0 unspecified atom stereocenters. The lowest BCUT2D eigenvalue weighted by atomic mass is 9.68. The highest BCUT2D eigenvalue weighted by Crippen LogP contribution is 2.33. The third-order valence-corrected chi connectivity index (χ3v) is 2.80. The van der Waals surface area contributed by atoms with E-state index < -0.39 is 28.7 Å². The van der Waals surface area contributed by atoms with Crippen LogP contribution in [-0.2, 0) is 4.79 Å². The van der Waals surface area contributed by atoms with E-state index in [0.29, 0.717) is 12.8 Å². The lowest BCUT2D eigenvalue weighted by molar-refractivity contribution is -0.535. The second-order valence-corrected chi connectivity index (χ2v) is 3.67. The Hall–Kier alpha value is -1.07. The van der Waals surface area contributed by atoms with Crippen LogP contribution in [0.25, 0.3) is 0 Å². The SMILES string of the molecule is [B][C@H](C(=O)O)[C@@H]1CCCC[C@@H]1[N+](=O)[O-]. The zero-order valence-electron chi connectivity index (χ0n) is 7.76. The summed E-state index contributed by atoms with van der Waals surface area (Å²) in [7, 11) is 5.42. The van der Waals surface area contributed by atoms with Gasteiger partial charge in [-0.05, 0) is 12.8 Å². The van der Waals surface area contributed by atoms with E-state index >= 15 is 0 Å². The predicted octanol–water partition coefficient (Wildman–Crippen LogP) is 0.863. The van der Waals surface area contributed by atoms with Crippen LogP contribution in [0.1, 0.15) is 25.7 Å². The Bertz CT molecular complexity index is 245. The molecule has 0 amide bonds. The molecule has 0 aromatic heterocycles. The molecule has 1 N–H and O–H groups in total. The number of carboxylic acid groups (broad SMARTS) is 1. The molecule has 1 saturated carbocycles. The smallest absolute Gasteiger partial charge is 0.298 e. The number of carbonyl (C=O) groups is 1. The lowest BCUT2D eigenvalue weighted by Crippen LogP contribution is -2.37. The minimum absolute atomic E-state index is 0.396. The summed E-state index contributed by atoms with van der Waals surface area (Å²) in [6, 6.07) is -0.783. The van der Waals surface area contributed by atoms with Crippen molar-refractivity contribution in [3.8, 4) is 0 Å². The molecule has 0 aromatic carbocycles. The van der Waals surface area contributed by atoms with E-state index in [1.807, 2.05) is 0 Å². The highest BCUT2D eigenvalue weighted by molar-refractivity contribution is 6.22. The van der Waals surface area contributed by atoms with Gasteiger partial charge in [-0.3, -0.25) is 14.9 Å². The molecule has 3 atom stereocenters. The standard InChI is InChI=1S/C8H12BNO4/c9-7(8(11)12)5-3-1-2-4-6(5)10(13)14/h5-7H,1-4H2,(H,11,12)/t5-,6+,7+/m1/s1. The molecule has 0 aliphatic heterocycles. The number of aliphatic carboxylic acids is 1. The van der Waals surface area contributed by atoms with E-state index in [1.165, 1.54) is 0 Å². The molecule has 76 valence electrons. The quantitative estimate of drug-likeness (QED) is 0.413. The van der Waals surface area contributed by atoms with E-state index in [4.69, 9.17) is 13.0 Å². The number of nitro groups is 1. The van der Waals surface area contributed by atoms with Gasteiger partial charge >= 0.3 is 0 Å². The van der Waals surface area contributed by atoms with Crippen molar-refractivity contribution >= 4 is 13.8 Å². The van der Waals surface area contributed by atoms with E-state index in [2.05, 4.69) is 0 Å². The summed E-state index contributed by atoms with van der Waals surface area (Å²) in [5, 5.41) is 19.3. The molecular formula is C8H12BNO4. The van der Waals surface area contributed by atoms with Crippen molar-refractivity contribution < 1.29 is 14.8 Å². The zero-order chi connectivity index (χ0) is 10.7. The number of nitrogens with zero attached hydrogens (tertiary/aromatic N) is 1. The van der Waals surface area contributed by atoms with Crippen molar-refractivity contribution in [3.63, 3.8) is 0 Å². The van der Waals surface area contributed by atoms with Gasteiger partial charge in [-0.25, -0.2) is 0 Å². The molecule has 0 bridgehead atoms. The van der Waals surface area contributed by atoms with Gasteiger partial charge in [-0.1, -0.05) is 6.42 Å². The minimum Gasteiger partial charge on any atom is -0.482 e. The molecule has 0 saturated heterocycles. The Morgan fingerprint density at radius 1 is 1.50 bits per heavy atom. The van der Waals surface area contributed by atoms with Crippen LogP contribution in [0.15, 0.2) is 0 Å². The Kier molecular flexibility index (Phi) is 3.49. The highest BCUT2D eigenvalue weighted by atomic mass is 16.6. The van der Waals surface area contributed by atoms with Crippen molar-refractivity contribution in [2.24, 2.45) is 5.92 Å². The summed E-state index contributed by atoms with van der Waals surface area (Å²) in [6.45, 7) is 0. The van der Waals surface area contributed by atoms with Crippen molar-refractivity contribution in [1.29, 1.82) is 0 Å². The maximum absolute atomic E-state index is 10.6. The number of hydrogen-bond donors (Lipinski definition) is 1. The van der Waals surface area contributed by atoms with Crippen LogP contribution in [0.3, 0.4) is 0 Å². The molecule has 1 aliphatic rings. The molecule has 6 heteroatoms. The van der Waals surface area contributed by atoms with E-state index in [1.54, 1.807) is 0 Å². The third kappa shape index (κ3) is 2.24. The van der Waals surface area contributed by atoms with Crippen molar-refractivity contribution in [3.05, 3.63) is 10.1 Å². The van der Waals surface area contributed by atoms with Gasteiger partial charge in [-0.2, -0.15) is 0 Å². The molecule has 0 heterocycles. The summed E-state index contributed by atoms with van der Waals surface area (Å²) in [5.41, 5.74) is 0. The Morgan fingerprint density at radius 3 is 2.57 bits per heavy atom. The van der Waals surface area contributed by atoms with Crippen molar-refractivity contribution in [1.82, 2.24) is 0 Å². The summed E-state index contributed by atoms with van der Waals surface area (Å²) in [6.07, 6.45) is 2.60. The van der Waals surface area contributed by atoms with Gasteiger partial charge in [0, 0.05) is 23.1 Å². The second kappa shape index (κ2) is 4.44. The van der Waals surface area contributed by atoms with Gasteiger partial charge in [0.1, 0.15) is 0 Å². The number of carboxylic acids is 1. The van der Waals surface area contributed by atoms with Crippen LogP contribution in [0.2, 0.25) is 5.82 Å². The molecule has 0 spiro atoms. The Labute approximate surface area is 83.0 Å². The van der Waals surface area contributed by atoms with E-state index in [9.17, 15) is 14.9 Å². The largest absolute Gasteiger partial charge is 0.482 e. The van der Waals surface area contributed by atoms with Crippen LogP contribution in [0.4, 0.5) is 0 Å². The molecule has 1 rings (SSSR count). The van der Waals surface area contributed by atoms with Crippen molar-refractivity contribution in [2.75, 3.05) is 0 Å². The van der Waals surface area contributed by atoms with Crippen molar-refractivity contribution in [2.45, 2.75) is 37.5 Å². The van der Waals surface area contributed by atoms with Crippen LogP contribution in [0, 0.1) is 16.0 Å². The Balaban J connectivity index is 2.72. The van der Waals surface area contributed by atoms with Gasteiger partial charge in [0.25, 0.3) is 5.97 Å². The molecular weight excluding hydrogens is 185 g/mol. The first kappa shape index (κ1) is 11.0. The lowest BCUT2D eigenvalue weighted by Gasteiger charge is -2.28. The van der Waals surface area contributed by atoms with Crippen LogP contribution in [-0.4, -0.2) is 29.9 Å². The van der Waals surface area contributed by atoms with Gasteiger partial charge in [0.05, 0.1) is 7.85 Å². The fraction of sp³-hybridized carbons (Fsp3) is 0.875. The van der Waals surface area contributed by atoms with E-state index in [0.717, 1.165) is 12.8 Å². The minimum atomic E-state index is -1.15. The molecule has 14 heavy (non-hydrogen) atoms. The van der Waals surface area contributed by atoms with Gasteiger partial charge < -0.3 is 5.11 Å². The van der Waals surface area contributed by atoms with Gasteiger partial charge in [0.2, 0.25) is 6.04 Å². The third-order valence-electron chi connectivity index (χ3n) is 2.80. The normalized spacial score (nSPS) is 29.4.